The third-order valence-electron chi connectivity index (χ3n) is 5.43. The topological polar surface area (TPSA) is 24.5 Å². The summed E-state index contributed by atoms with van der Waals surface area (Å²) in [5.41, 5.74) is 0.520. The van der Waals surface area contributed by atoms with Crippen LogP contribution in [0.15, 0.2) is 0 Å². The van der Waals surface area contributed by atoms with Crippen LogP contribution in [0, 0.1) is 11.3 Å². The van der Waals surface area contributed by atoms with E-state index in [4.69, 9.17) is 4.74 Å². The SMILES string of the molecule is CCNCC1(CN(C)CC2CCOCC2)CCCCCC1. The lowest BCUT2D eigenvalue weighted by atomic mass is 9.79. The summed E-state index contributed by atoms with van der Waals surface area (Å²) in [4.78, 5) is 2.62. The van der Waals surface area contributed by atoms with E-state index in [9.17, 15) is 0 Å². The van der Waals surface area contributed by atoms with Gasteiger partial charge in [0.15, 0.2) is 0 Å². The van der Waals surface area contributed by atoms with E-state index in [0.29, 0.717) is 5.41 Å². The molecule has 0 atom stereocenters. The molecule has 0 bridgehead atoms. The van der Waals surface area contributed by atoms with Crippen molar-refractivity contribution < 1.29 is 4.74 Å². The van der Waals surface area contributed by atoms with Crippen molar-refractivity contribution in [1.82, 2.24) is 10.2 Å². The Kier molecular flexibility index (Phi) is 7.48. The van der Waals surface area contributed by atoms with Crippen molar-refractivity contribution in [1.29, 1.82) is 0 Å². The van der Waals surface area contributed by atoms with Crippen LogP contribution in [0.25, 0.3) is 0 Å². The zero-order valence-corrected chi connectivity index (χ0v) is 14.3. The molecule has 0 amide bonds. The van der Waals surface area contributed by atoms with E-state index < -0.39 is 0 Å². The minimum Gasteiger partial charge on any atom is -0.381 e. The molecule has 0 spiro atoms. The van der Waals surface area contributed by atoms with Gasteiger partial charge in [0.25, 0.3) is 0 Å². The molecule has 1 saturated heterocycles. The van der Waals surface area contributed by atoms with Gasteiger partial charge in [-0.15, -0.1) is 0 Å². The molecule has 0 aromatic carbocycles. The van der Waals surface area contributed by atoms with Crippen LogP contribution in [0.1, 0.15) is 58.3 Å². The van der Waals surface area contributed by atoms with Gasteiger partial charge in [0.05, 0.1) is 0 Å². The highest BCUT2D eigenvalue weighted by Gasteiger charge is 2.32. The number of hydrogen-bond donors (Lipinski definition) is 1. The fourth-order valence-corrected chi connectivity index (χ4v) is 4.27. The van der Waals surface area contributed by atoms with Gasteiger partial charge in [-0.05, 0) is 50.6 Å². The third-order valence-corrected chi connectivity index (χ3v) is 5.43. The van der Waals surface area contributed by atoms with Crippen LogP contribution in [-0.4, -0.2) is 51.3 Å². The van der Waals surface area contributed by atoms with Gasteiger partial charge in [-0.3, -0.25) is 0 Å². The molecule has 2 rings (SSSR count). The second-order valence-corrected chi connectivity index (χ2v) is 7.45. The number of nitrogens with one attached hydrogen (secondary N) is 1. The molecule has 0 aromatic rings. The van der Waals surface area contributed by atoms with Gasteiger partial charge in [-0.25, -0.2) is 0 Å². The summed E-state index contributed by atoms with van der Waals surface area (Å²) in [6, 6.07) is 0. The molecular formula is C18H36N2O. The summed E-state index contributed by atoms with van der Waals surface area (Å²) >= 11 is 0. The van der Waals surface area contributed by atoms with Crippen LogP contribution >= 0.6 is 0 Å². The first-order valence-corrected chi connectivity index (χ1v) is 9.21. The fraction of sp³-hybridized carbons (Fsp3) is 1.00. The Labute approximate surface area is 131 Å². The predicted molar refractivity (Wildman–Crippen MR) is 89.7 cm³/mol. The second-order valence-electron chi connectivity index (χ2n) is 7.45. The summed E-state index contributed by atoms with van der Waals surface area (Å²) in [6.45, 7) is 9.03. The Morgan fingerprint density at radius 1 is 1.10 bits per heavy atom. The molecule has 1 saturated carbocycles. The van der Waals surface area contributed by atoms with Crippen LogP contribution < -0.4 is 5.32 Å². The number of rotatable bonds is 7. The Hall–Kier alpha value is -0.120. The minimum atomic E-state index is 0.520. The zero-order valence-electron chi connectivity index (χ0n) is 14.3. The van der Waals surface area contributed by atoms with Crippen LogP contribution in [0.4, 0.5) is 0 Å². The number of nitrogens with zero attached hydrogens (tertiary/aromatic N) is 1. The lowest BCUT2D eigenvalue weighted by Gasteiger charge is -2.38. The minimum absolute atomic E-state index is 0.520. The highest BCUT2D eigenvalue weighted by atomic mass is 16.5. The largest absolute Gasteiger partial charge is 0.381 e. The fourth-order valence-electron chi connectivity index (χ4n) is 4.27. The average Bonchev–Trinajstić information content (AvgIpc) is 2.72. The van der Waals surface area contributed by atoms with Crippen LogP contribution in [0.3, 0.4) is 0 Å². The molecular weight excluding hydrogens is 260 g/mol. The second kappa shape index (κ2) is 9.12. The molecule has 1 aliphatic carbocycles. The van der Waals surface area contributed by atoms with Gasteiger partial charge in [-0.2, -0.15) is 0 Å². The van der Waals surface area contributed by atoms with Crippen molar-refractivity contribution >= 4 is 0 Å². The lowest BCUT2D eigenvalue weighted by Crippen LogP contribution is -2.44. The smallest absolute Gasteiger partial charge is 0.0469 e. The lowest BCUT2D eigenvalue weighted by molar-refractivity contribution is 0.0475. The van der Waals surface area contributed by atoms with Gasteiger partial charge in [0.2, 0.25) is 0 Å². The maximum absolute atomic E-state index is 5.49. The van der Waals surface area contributed by atoms with E-state index in [1.165, 1.54) is 71.0 Å². The van der Waals surface area contributed by atoms with E-state index in [1.807, 2.05) is 0 Å². The van der Waals surface area contributed by atoms with Crippen molar-refractivity contribution in [2.75, 3.05) is 46.4 Å². The molecule has 2 aliphatic rings. The molecule has 1 heterocycles. The zero-order chi connectivity index (χ0) is 15.0. The first-order valence-electron chi connectivity index (χ1n) is 9.21. The standard InChI is InChI=1S/C18H36N2O/c1-3-19-15-18(10-6-4-5-7-11-18)16-20(2)14-17-8-12-21-13-9-17/h17,19H,3-16H2,1-2H3. The molecule has 2 fully saturated rings. The molecule has 0 aromatic heterocycles. The molecule has 0 radical (unpaired) electrons. The molecule has 1 N–H and O–H groups in total. The van der Waals surface area contributed by atoms with Crippen molar-refractivity contribution in [3.8, 4) is 0 Å². The quantitative estimate of drug-likeness (QED) is 0.730. The van der Waals surface area contributed by atoms with Crippen molar-refractivity contribution in [2.24, 2.45) is 11.3 Å². The van der Waals surface area contributed by atoms with E-state index in [1.54, 1.807) is 0 Å². The maximum Gasteiger partial charge on any atom is 0.0469 e. The Morgan fingerprint density at radius 2 is 1.76 bits per heavy atom. The van der Waals surface area contributed by atoms with E-state index in [0.717, 1.165) is 25.7 Å². The summed E-state index contributed by atoms with van der Waals surface area (Å²) < 4.78 is 5.49. The Bertz CT molecular complexity index is 268. The van der Waals surface area contributed by atoms with Crippen LogP contribution in [0.5, 0.6) is 0 Å². The maximum atomic E-state index is 5.49. The third kappa shape index (κ3) is 5.88. The summed E-state index contributed by atoms with van der Waals surface area (Å²) in [7, 11) is 2.34. The molecule has 124 valence electrons. The Morgan fingerprint density at radius 3 is 2.38 bits per heavy atom. The summed E-state index contributed by atoms with van der Waals surface area (Å²) in [6.07, 6.45) is 11.1. The van der Waals surface area contributed by atoms with Crippen LogP contribution in [0.2, 0.25) is 0 Å². The Balaban J connectivity index is 1.86. The first kappa shape index (κ1) is 17.2. The molecule has 3 nitrogen and oxygen atoms in total. The van der Waals surface area contributed by atoms with Crippen molar-refractivity contribution in [3.05, 3.63) is 0 Å². The summed E-state index contributed by atoms with van der Waals surface area (Å²) in [5, 5.41) is 3.65. The van der Waals surface area contributed by atoms with E-state index in [-0.39, 0.29) is 0 Å². The summed E-state index contributed by atoms with van der Waals surface area (Å²) in [5.74, 6) is 0.853. The monoisotopic (exact) mass is 296 g/mol. The van der Waals surface area contributed by atoms with E-state index >= 15 is 0 Å². The number of ether oxygens (including phenoxy) is 1. The van der Waals surface area contributed by atoms with Gasteiger partial charge in [0.1, 0.15) is 0 Å². The predicted octanol–water partition coefficient (Wildman–Crippen LogP) is 3.29. The molecule has 3 heteroatoms. The van der Waals surface area contributed by atoms with Gasteiger partial charge >= 0.3 is 0 Å². The van der Waals surface area contributed by atoms with Crippen LogP contribution in [-0.2, 0) is 4.74 Å². The first-order chi connectivity index (χ1) is 10.2. The van der Waals surface area contributed by atoms with Crippen molar-refractivity contribution in [2.45, 2.75) is 58.3 Å². The molecule has 1 aliphatic heterocycles. The normalized spacial score (nSPS) is 24.1. The van der Waals surface area contributed by atoms with E-state index in [2.05, 4.69) is 24.2 Å². The highest BCUT2D eigenvalue weighted by molar-refractivity contribution is 4.87. The number of hydrogen-bond acceptors (Lipinski definition) is 3. The van der Waals surface area contributed by atoms with Gasteiger partial charge in [-0.1, -0.05) is 32.6 Å². The van der Waals surface area contributed by atoms with Crippen molar-refractivity contribution in [3.63, 3.8) is 0 Å². The highest BCUT2D eigenvalue weighted by Crippen LogP contribution is 2.35. The molecule has 0 unspecified atom stereocenters. The van der Waals surface area contributed by atoms with Gasteiger partial charge < -0.3 is 15.0 Å². The average molecular weight is 296 g/mol. The molecule has 21 heavy (non-hydrogen) atoms. The van der Waals surface area contributed by atoms with Gasteiger partial charge in [0, 0.05) is 32.8 Å².